The number of aromatic nitrogens is 2. The van der Waals surface area contributed by atoms with Crippen LogP contribution >= 0.6 is 12.2 Å². The number of morpholine rings is 1. The van der Waals surface area contributed by atoms with Gasteiger partial charge in [0, 0.05) is 45.5 Å². The molecule has 0 atom stereocenters. The summed E-state index contributed by atoms with van der Waals surface area (Å²) in [4.78, 5) is 13.7. The third kappa shape index (κ3) is 5.16. The standard InChI is InChI=1S/C20H23F3N6OS/c21-20(22,23)17-5-6-24-18(26-17)28-7-9-29(10-8-28)19(31)25-15-3-1-2-4-16(15)27-11-13-30-14-12-27/h1-6H,7-14H2,(H,25,31). The molecule has 1 aromatic carbocycles. The molecule has 166 valence electrons. The number of thiocarbonyl (C=S) groups is 1. The van der Waals surface area contributed by atoms with Crippen LogP contribution in [-0.2, 0) is 10.9 Å². The molecule has 2 aromatic rings. The molecule has 2 aliphatic rings. The average Bonchev–Trinajstić information content (AvgIpc) is 2.80. The van der Waals surface area contributed by atoms with Crippen molar-refractivity contribution in [1.82, 2.24) is 14.9 Å². The monoisotopic (exact) mass is 452 g/mol. The van der Waals surface area contributed by atoms with Gasteiger partial charge in [0.15, 0.2) is 5.11 Å². The van der Waals surface area contributed by atoms with E-state index in [1.807, 2.05) is 23.1 Å². The van der Waals surface area contributed by atoms with Crippen molar-refractivity contribution in [3.05, 3.63) is 42.2 Å². The van der Waals surface area contributed by atoms with Gasteiger partial charge in [0.1, 0.15) is 5.69 Å². The van der Waals surface area contributed by atoms with Crippen LogP contribution in [0.3, 0.4) is 0 Å². The number of nitrogens with one attached hydrogen (secondary N) is 1. The lowest BCUT2D eigenvalue weighted by molar-refractivity contribution is -0.141. The van der Waals surface area contributed by atoms with Crippen LogP contribution in [0, 0.1) is 0 Å². The van der Waals surface area contributed by atoms with Gasteiger partial charge >= 0.3 is 6.18 Å². The number of benzene rings is 1. The Hall–Kier alpha value is -2.66. The third-order valence-corrected chi connectivity index (χ3v) is 5.64. The smallest absolute Gasteiger partial charge is 0.378 e. The first-order valence-electron chi connectivity index (χ1n) is 10.0. The van der Waals surface area contributed by atoms with Gasteiger partial charge in [-0.1, -0.05) is 12.1 Å². The molecule has 1 aromatic heterocycles. The van der Waals surface area contributed by atoms with Crippen LogP contribution in [0.25, 0.3) is 0 Å². The highest BCUT2D eigenvalue weighted by Gasteiger charge is 2.33. The summed E-state index contributed by atoms with van der Waals surface area (Å²) < 4.78 is 44.2. The molecule has 2 saturated heterocycles. The second-order valence-electron chi connectivity index (χ2n) is 7.26. The maximum Gasteiger partial charge on any atom is 0.433 e. The Balaban J connectivity index is 1.37. The van der Waals surface area contributed by atoms with Crippen LogP contribution in [0.15, 0.2) is 36.5 Å². The van der Waals surface area contributed by atoms with Gasteiger partial charge in [-0.25, -0.2) is 9.97 Å². The normalized spacial score (nSPS) is 17.6. The van der Waals surface area contributed by atoms with Crippen molar-refractivity contribution in [2.75, 3.05) is 67.6 Å². The van der Waals surface area contributed by atoms with Crippen LogP contribution < -0.4 is 15.1 Å². The third-order valence-electron chi connectivity index (χ3n) is 5.28. The summed E-state index contributed by atoms with van der Waals surface area (Å²) in [7, 11) is 0. The van der Waals surface area contributed by atoms with Gasteiger partial charge in [-0.2, -0.15) is 13.2 Å². The largest absolute Gasteiger partial charge is 0.433 e. The lowest BCUT2D eigenvalue weighted by Gasteiger charge is -2.37. The minimum atomic E-state index is -4.49. The molecule has 4 rings (SSSR count). The summed E-state index contributed by atoms with van der Waals surface area (Å²) in [6, 6.07) is 8.87. The van der Waals surface area contributed by atoms with Gasteiger partial charge in [-0.3, -0.25) is 0 Å². The van der Waals surface area contributed by atoms with Gasteiger partial charge < -0.3 is 24.8 Å². The zero-order valence-electron chi connectivity index (χ0n) is 16.8. The van der Waals surface area contributed by atoms with E-state index in [9.17, 15) is 13.2 Å². The number of anilines is 3. The lowest BCUT2D eigenvalue weighted by Crippen LogP contribution is -2.50. The Morgan fingerprint density at radius 3 is 2.39 bits per heavy atom. The van der Waals surface area contributed by atoms with E-state index in [1.54, 1.807) is 4.90 Å². The van der Waals surface area contributed by atoms with Gasteiger partial charge in [0.25, 0.3) is 0 Å². The average molecular weight is 453 g/mol. The topological polar surface area (TPSA) is 56.8 Å². The first-order chi connectivity index (χ1) is 14.9. The predicted molar refractivity (Wildman–Crippen MR) is 117 cm³/mol. The molecule has 0 saturated carbocycles. The summed E-state index contributed by atoms with van der Waals surface area (Å²) in [6.45, 7) is 5.11. The molecule has 0 bridgehead atoms. The number of piperazine rings is 1. The number of ether oxygens (including phenoxy) is 1. The van der Waals surface area contributed by atoms with E-state index in [1.165, 1.54) is 0 Å². The van der Waals surface area contributed by atoms with Crippen molar-refractivity contribution in [3.63, 3.8) is 0 Å². The van der Waals surface area contributed by atoms with Gasteiger partial charge in [0.05, 0.1) is 24.6 Å². The first kappa shape index (κ1) is 21.6. The van der Waals surface area contributed by atoms with Crippen molar-refractivity contribution in [1.29, 1.82) is 0 Å². The quantitative estimate of drug-likeness (QED) is 0.714. The first-order valence-corrected chi connectivity index (χ1v) is 10.5. The highest BCUT2D eigenvalue weighted by Crippen LogP contribution is 2.29. The van der Waals surface area contributed by atoms with Crippen molar-refractivity contribution in [2.24, 2.45) is 0 Å². The number of hydrogen-bond acceptors (Lipinski definition) is 6. The minimum Gasteiger partial charge on any atom is -0.378 e. The second-order valence-corrected chi connectivity index (χ2v) is 7.65. The molecule has 0 aliphatic carbocycles. The fourth-order valence-corrected chi connectivity index (χ4v) is 3.91. The zero-order chi connectivity index (χ0) is 21.8. The number of para-hydroxylation sites is 2. The Labute approximate surface area is 183 Å². The summed E-state index contributed by atoms with van der Waals surface area (Å²) >= 11 is 5.62. The fourth-order valence-electron chi connectivity index (χ4n) is 3.62. The maximum atomic E-state index is 12.9. The molecule has 31 heavy (non-hydrogen) atoms. The highest BCUT2D eigenvalue weighted by atomic mass is 32.1. The van der Waals surface area contributed by atoms with Crippen LogP contribution in [0.2, 0.25) is 0 Å². The molecule has 1 N–H and O–H groups in total. The molecular formula is C20H23F3N6OS. The Bertz CT molecular complexity index is 914. The zero-order valence-corrected chi connectivity index (χ0v) is 17.6. The van der Waals surface area contributed by atoms with Gasteiger partial charge in [-0.15, -0.1) is 0 Å². The number of rotatable bonds is 3. The van der Waals surface area contributed by atoms with E-state index in [0.29, 0.717) is 44.5 Å². The molecule has 0 unspecified atom stereocenters. The molecule has 0 amide bonds. The van der Waals surface area contributed by atoms with E-state index in [4.69, 9.17) is 17.0 Å². The van der Waals surface area contributed by atoms with E-state index < -0.39 is 11.9 Å². The number of alkyl halides is 3. The summed E-state index contributed by atoms with van der Waals surface area (Å²) in [5.74, 6) is 0.0889. The van der Waals surface area contributed by atoms with Gasteiger partial charge in [0.2, 0.25) is 5.95 Å². The van der Waals surface area contributed by atoms with E-state index in [2.05, 4.69) is 26.3 Å². The summed E-state index contributed by atoms with van der Waals surface area (Å²) in [5.41, 5.74) is 1.07. The van der Waals surface area contributed by atoms with E-state index in [-0.39, 0.29) is 5.95 Å². The Morgan fingerprint density at radius 2 is 1.68 bits per heavy atom. The van der Waals surface area contributed by atoms with Crippen molar-refractivity contribution >= 4 is 34.7 Å². The molecule has 2 aliphatic heterocycles. The second kappa shape index (κ2) is 9.23. The van der Waals surface area contributed by atoms with Gasteiger partial charge in [-0.05, 0) is 30.4 Å². The lowest BCUT2D eigenvalue weighted by atomic mass is 10.2. The van der Waals surface area contributed by atoms with E-state index in [0.717, 1.165) is 36.7 Å². The van der Waals surface area contributed by atoms with Crippen LogP contribution in [0.4, 0.5) is 30.5 Å². The molecule has 3 heterocycles. The molecule has 11 heteroatoms. The molecule has 2 fully saturated rings. The fraction of sp³-hybridized carbons (Fsp3) is 0.450. The number of nitrogens with zero attached hydrogens (tertiary/aromatic N) is 5. The van der Waals surface area contributed by atoms with Crippen molar-refractivity contribution in [3.8, 4) is 0 Å². The SMILES string of the molecule is FC(F)(F)c1ccnc(N2CCN(C(=S)Nc3ccccc3N3CCOCC3)CC2)n1. The van der Waals surface area contributed by atoms with Crippen molar-refractivity contribution < 1.29 is 17.9 Å². The molecule has 0 radical (unpaired) electrons. The molecule has 0 spiro atoms. The number of halogens is 3. The molecular weight excluding hydrogens is 429 g/mol. The van der Waals surface area contributed by atoms with Crippen LogP contribution in [0.5, 0.6) is 0 Å². The summed E-state index contributed by atoms with van der Waals surface area (Å²) in [5, 5.41) is 3.93. The maximum absolute atomic E-state index is 12.9. The van der Waals surface area contributed by atoms with E-state index >= 15 is 0 Å². The minimum absolute atomic E-state index is 0.0889. The highest BCUT2D eigenvalue weighted by molar-refractivity contribution is 7.80. The molecule has 7 nitrogen and oxygen atoms in total. The number of hydrogen-bond donors (Lipinski definition) is 1. The van der Waals surface area contributed by atoms with Crippen molar-refractivity contribution in [2.45, 2.75) is 6.18 Å². The Kier molecular flexibility index (Phi) is 6.42. The summed E-state index contributed by atoms with van der Waals surface area (Å²) in [6.07, 6.45) is -3.34. The Morgan fingerprint density at radius 1 is 0.968 bits per heavy atom. The predicted octanol–water partition coefficient (Wildman–Crippen LogP) is 2.85. The van der Waals surface area contributed by atoms with Crippen LogP contribution in [-0.4, -0.2) is 72.5 Å². The van der Waals surface area contributed by atoms with Crippen LogP contribution in [0.1, 0.15) is 5.69 Å².